The first kappa shape index (κ1) is 35.7. The Hall–Kier alpha value is -7.98. The van der Waals surface area contributed by atoms with Crippen LogP contribution in [0, 0.1) is 0 Å². The van der Waals surface area contributed by atoms with E-state index in [2.05, 4.69) is 240 Å². The number of rotatable bonds is 6. The van der Waals surface area contributed by atoms with Gasteiger partial charge in [0.25, 0.3) is 0 Å². The molecule has 0 saturated carbocycles. The van der Waals surface area contributed by atoms with Crippen molar-refractivity contribution < 1.29 is 0 Å². The molecule has 294 valence electrons. The summed E-state index contributed by atoms with van der Waals surface area (Å²) in [6.07, 6.45) is 0. The molecular weight excluding hydrogens is 781 g/mol. The lowest BCUT2D eigenvalue weighted by atomic mass is 9.93. The molecule has 13 aromatic rings. The van der Waals surface area contributed by atoms with Crippen molar-refractivity contribution >= 4 is 103 Å². The highest BCUT2D eigenvalue weighted by Gasteiger charge is 2.20. The third-order valence-corrected chi connectivity index (χ3v) is 14.2. The van der Waals surface area contributed by atoms with Crippen LogP contribution in [-0.2, 0) is 0 Å². The van der Waals surface area contributed by atoms with E-state index in [4.69, 9.17) is 0 Å². The predicted molar refractivity (Wildman–Crippen MR) is 272 cm³/mol. The summed E-state index contributed by atoms with van der Waals surface area (Å²) < 4.78 is 5.02. The van der Waals surface area contributed by atoms with E-state index in [1.54, 1.807) is 0 Å². The van der Waals surface area contributed by atoms with Crippen molar-refractivity contribution in [2.45, 2.75) is 0 Å². The Morgan fingerprint density at radius 1 is 0.349 bits per heavy atom. The summed E-state index contributed by atoms with van der Waals surface area (Å²) in [5.74, 6) is 0. The maximum Gasteiger partial charge on any atom is 0.0640 e. The fourth-order valence-electron chi connectivity index (χ4n) is 10.0. The van der Waals surface area contributed by atoms with Crippen LogP contribution in [0.4, 0.5) is 17.1 Å². The number of nitrogens with zero attached hydrogens (tertiary/aromatic N) is 2. The first-order valence-electron chi connectivity index (χ1n) is 21.6. The van der Waals surface area contributed by atoms with Gasteiger partial charge in [0.1, 0.15) is 0 Å². The van der Waals surface area contributed by atoms with Crippen LogP contribution in [0.15, 0.2) is 231 Å². The van der Waals surface area contributed by atoms with Gasteiger partial charge in [0, 0.05) is 48.7 Å². The van der Waals surface area contributed by atoms with Crippen LogP contribution in [0.25, 0.3) is 102 Å². The molecule has 3 heteroatoms. The highest BCUT2D eigenvalue weighted by Crippen LogP contribution is 2.46. The van der Waals surface area contributed by atoms with Crippen LogP contribution in [0.5, 0.6) is 0 Å². The minimum Gasteiger partial charge on any atom is -0.309 e. The van der Waals surface area contributed by atoms with Gasteiger partial charge in [0.2, 0.25) is 0 Å². The third-order valence-electron chi connectivity index (χ3n) is 13.0. The summed E-state index contributed by atoms with van der Waals surface area (Å²) >= 11 is 1.87. The zero-order valence-corrected chi connectivity index (χ0v) is 35.1. The number of fused-ring (bicyclic) bond motifs is 11. The Morgan fingerprint density at radius 3 is 1.75 bits per heavy atom. The highest BCUT2D eigenvalue weighted by atomic mass is 32.1. The second-order valence-electron chi connectivity index (χ2n) is 16.5. The molecule has 2 nitrogen and oxygen atoms in total. The van der Waals surface area contributed by atoms with Gasteiger partial charge in [-0.15, -0.1) is 11.3 Å². The molecule has 0 amide bonds. The van der Waals surface area contributed by atoms with Crippen LogP contribution in [0.2, 0.25) is 0 Å². The molecule has 0 aliphatic heterocycles. The molecule has 0 unspecified atom stereocenters. The quantitative estimate of drug-likeness (QED) is 0.152. The van der Waals surface area contributed by atoms with Crippen molar-refractivity contribution in [2.75, 3.05) is 4.90 Å². The Labute approximate surface area is 368 Å². The molecule has 0 saturated heterocycles. The second-order valence-corrected chi connectivity index (χ2v) is 17.5. The Morgan fingerprint density at radius 2 is 0.952 bits per heavy atom. The normalized spacial score (nSPS) is 11.8. The van der Waals surface area contributed by atoms with Crippen molar-refractivity contribution in [3.05, 3.63) is 231 Å². The minimum absolute atomic E-state index is 1.11. The second kappa shape index (κ2) is 14.3. The molecule has 0 atom stereocenters. The zero-order chi connectivity index (χ0) is 41.4. The molecule has 11 aromatic carbocycles. The lowest BCUT2D eigenvalue weighted by Gasteiger charge is -2.26. The van der Waals surface area contributed by atoms with Crippen molar-refractivity contribution in [2.24, 2.45) is 0 Å². The van der Waals surface area contributed by atoms with Crippen LogP contribution in [-0.4, -0.2) is 4.57 Å². The molecule has 0 radical (unpaired) electrons. The van der Waals surface area contributed by atoms with Gasteiger partial charge in [0.15, 0.2) is 0 Å². The number of anilines is 3. The summed E-state index contributed by atoms with van der Waals surface area (Å²) in [5, 5.41) is 12.7. The molecule has 2 heterocycles. The van der Waals surface area contributed by atoms with Crippen LogP contribution >= 0.6 is 11.3 Å². The molecule has 2 aromatic heterocycles. The van der Waals surface area contributed by atoms with E-state index in [1.807, 2.05) is 11.3 Å². The Bertz CT molecular complexity index is 3900. The monoisotopic (exact) mass is 818 g/mol. The largest absolute Gasteiger partial charge is 0.309 e. The smallest absolute Gasteiger partial charge is 0.0640 e. The summed E-state index contributed by atoms with van der Waals surface area (Å²) in [7, 11) is 0. The lowest BCUT2D eigenvalue weighted by Crippen LogP contribution is -2.10. The number of hydrogen-bond acceptors (Lipinski definition) is 2. The van der Waals surface area contributed by atoms with Gasteiger partial charge in [-0.05, 0) is 110 Å². The van der Waals surface area contributed by atoms with E-state index in [-0.39, 0.29) is 0 Å². The fourth-order valence-corrected chi connectivity index (χ4v) is 11.2. The van der Waals surface area contributed by atoms with E-state index in [9.17, 15) is 0 Å². The SMILES string of the molecule is c1ccc(-n2c3cc(-c4ccc(N(c5ccc(-c6cc7ccccc7c7ccccc67)cc5)c5cccc6c5sc5ccccc56)cc4)ccc3c3ccc4ccccc4c32)cc1. The standard InChI is InChI=1S/C60H38N2S/c1-2-15-44(16-3-1)62-57-38-42(30-35-51(57)53-36-29-40-13-4-7-18-48(40)59(53)62)39-25-31-45(32-26-39)61(56-23-12-22-54-52-21-10-11-24-58(52)63-60(54)56)46-33-27-41(28-34-46)55-37-43-14-5-6-17-47(43)49-19-8-9-20-50(49)55/h1-38H. The third kappa shape index (κ3) is 5.71. The summed E-state index contributed by atoms with van der Waals surface area (Å²) in [6, 6.07) is 84.7. The Kier molecular flexibility index (Phi) is 8.12. The summed E-state index contributed by atoms with van der Waals surface area (Å²) in [6.45, 7) is 0. The number of benzene rings is 11. The highest BCUT2D eigenvalue weighted by molar-refractivity contribution is 7.26. The topological polar surface area (TPSA) is 8.17 Å². The number of thiophene rings is 1. The first-order valence-corrected chi connectivity index (χ1v) is 22.4. The predicted octanol–water partition coefficient (Wildman–Crippen LogP) is 17.4. The molecule has 0 aliphatic rings. The van der Waals surface area contributed by atoms with Crippen LogP contribution in [0.3, 0.4) is 0 Å². The number of hydrogen-bond donors (Lipinski definition) is 0. The fraction of sp³-hybridized carbons (Fsp3) is 0. The van der Waals surface area contributed by atoms with Crippen molar-refractivity contribution in [1.82, 2.24) is 4.57 Å². The molecular formula is C60H38N2S. The van der Waals surface area contributed by atoms with Crippen LogP contribution < -0.4 is 4.90 Å². The molecule has 0 bridgehead atoms. The molecule has 63 heavy (non-hydrogen) atoms. The van der Waals surface area contributed by atoms with E-state index in [1.165, 1.54) is 102 Å². The summed E-state index contributed by atoms with van der Waals surface area (Å²) in [4.78, 5) is 2.44. The molecule has 0 N–H and O–H groups in total. The molecule has 13 rings (SSSR count). The average molecular weight is 819 g/mol. The molecule has 0 aliphatic carbocycles. The van der Waals surface area contributed by atoms with E-state index >= 15 is 0 Å². The number of aromatic nitrogens is 1. The maximum atomic E-state index is 2.45. The molecule has 0 spiro atoms. The van der Waals surface area contributed by atoms with Gasteiger partial charge in [-0.2, -0.15) is 0 Å². The maximum absolute atomic E-state index is 2.45. The van der Waals surface area contributed by atoms with E-state index in [0.717, 1.165) is 17.1 Å². The van der Waals surface area contributed by atoms with Gasteiger partial charge in [0.05, 0.1) is 21.4 Å². The van der Waals surface area contributed by atoms with Crippen molar-refractivity contribution in [3.63, 3.8) is 0 Å². The first-order chi connectivity index (χ1) is 31.2. The Balaban J connectivity index is 0.956. The van der Waals surface area contributed by atoms with Gasteiger partial charge in [-0.3, -0.25) is 0 Å². The lowest BCUT2D eigenvalue weighted by molar-refractivity contribution is 1.19. The minimum atomic E-state index is 1.11. The molecule has 0 fully saturated rings. The zero-order valence-electron chi connectivity index (χ0n) is 34.2. The van der Waals surface area contributed by atoms with Crippen molar-refractivity contribution in [3.8, 4) is 27.9 Å². The van der Waals surface area contributed by atoms with Gasteiger partial charge < -0.3 is 9.47 Å². The van der Waals surface area contributed by atoms with Crippen molar-refractivity contribution in [1.29, 1.82) is 0 Å². The van der Waals surface area contributed by atoms with E-state index < -0.39 is 0 Å². The average Bonchev–Trinajstić information content (AvgIpc) is 3.91. The summed E-state index contributed by atoms with van der Waals surface area (Å²) in [5.41, 5.74) is 11.8. The van der Waals surface area contributed by atoms with E-state index in [0.29, 0.717) is 0 Å². The van der Waals surface area contributed by atoms with Gasteiger partial charge >= 0.3 is 0 Å². The van der Waals surface area contributed by atoms with Gasteiger partial charge in [-0.25, -0.2) is 0 Å². The van der Waals surface area contributed by atoms with Gasteiger partial charge in [-0.1, -0.05) is 170 Å². The number of para-hydroxylation sites is 1. The van der Waals surface area contributed by atoms with Crippen LogP contribution in [0.1, 0.15) is 0 Å².